The highest BCUT2D eigenvalue weighted by Crippen LogP contribution is 2.26. The molecule has 1 atom stereocenters. The van der Waals surface area contributed by atoms with E-state index in [4.69, 9.17) is 4.42 Å². The van der Waals surface area contributed by atoms with Gasteiger partial charge in [0.15, 0.2) is 0 Å². The van der Waals surface area contributed by atoms with Crippen LogP contribution >= 0.6 is 0 Å². The van der Waals surface area contributed by atoms with Crippen molar-refractivity contribution in [3.63, 3.8) is 0 Å². The van der Waals surface area contributed by atoms with Crippen molar-refractivity contribution in [2.24, 2.45) is 0 Å². The Morgan fingerprint density at radius 3 is 2.71 bits per heavy atom. The summed E-state index contributed by atoms with van der Waals surface area (Å²) in [6.45, 7) is 6.79. The van der Waals surface area contributed by atoms with Crippen LogP contribution in [-0.4, -0.2) is 16.9 Å². The van der Waals surface area contributed by atoms with Crippen LogP contribution in [0.2, 0.25) is 0 Å². The minimum Gasteiger partial charge on any atom is -0.422 e. The highest BCUT2D eigenvalue weighted by molar-refractivity contribution is 5.83. The smallest absolute Gasteiger partial charge is 0.336 e. The molecule has 0 bridgehead atoms. The first-order valence-electron chi connectivity index (χ1n) is 8.11. The molecule has 2 aromatic heterocycles. The lowest BCUT2D eigenvalue weighted by molar-refractivity contribution is 0.249. The van der Waals surface area contributed by atoms with Gasteiger partial charge in [0.1, 0.15) is 5.58 Å². The standard InChI is InChI=1S/C20H22N2O2/c1-13-8-9-17-16(11-19(23)24-20(17)14(13)2)12-22(4)15(3)18-7-5-6-10-21-18/h5-11,15H,12H2,1-4H3. The molecule has 4 heteroatoms. The van der Waals surface area contributed by atoms with E-state index in [0.717, 1.165) is 27.8 Å². The van der Waals surface area contributed by atoms with Crippen molar-refractivity contribution in [2.45, 2.75) is 33.4 Å². The fourth-order valence-electron chi connectivity index (χ4n) is 2.91. The molecule has 0 aliphatic heterocycles. The fraction of sp³-hybridized carbons (Fsp3) is 0.300. The van der Waals surface area contributed by atoms with Crippen LogP contribution in [0.4, 0.5) is 0 Å². The van der Waals surface area contributed by atoms with Gasteiger partial charge in [-0.05, 0) is 56.6 Å². The van der Waals surface area contributed by atoms with Gasteiger partial charge >= 0.3 is 5.63 Å². The molecule has 0 saturated heterocycles. The maximum atomic E-state index is 12.0. The second kappa shape index (κ2) is 6.57. The zero-order valence-corrected chi connectivity index (χ0v) is 14.5. The Hall–Kier alpha value is -2.46. The molecule has 0 aliphatic carbocycles. The topological polar surface area (TPSA) is 46.3 Å². The first-order valence-corrected chi connectivity index (χ1v) is 8.11. The lowest BCUT2D eigenvalue weighted by atomic mass is 10.0. The summed E-state index contributed by atoms with van der Waals surface area (Å²) < 4.78 is 5.45. The normalized spacial score (nSPS) is 12.7. The molecule has 4 nitrogen and oxygen atoms in total. The number of aryl methyl sites for hydroxylation is 2. The van der Waals surface area contributed by atoms with E-state index in [1.165, 1.54) is 0 Å². The van der Waals surface area contributed by atoms with Crippen molar-refractivity contribution in [1.29, 1.82) is 0 Å². The summed E-state index contributed by atoms with van der Waals surface area (Å²) in [5.74, 6) is 0. The van der Waals surface area contributed by atoms with Crippen LogP contribution in [0, 0.1) is 13.8 Å². The molecule has 1 unspecified atom stereocenters. The average Bonchev–Trinajstić information content (AvgIpc) is 2.58. The van der Waals surface area contributed by atoms with Crippen molar-refractivity contribution >= 4 is 11.0 Å². The number of hydrogen-bond donors (Lipinski definition) is 0. The molecule has 24 heavy (non-hydrogen) atoms. The first kappa shape index (κ1) is 16.4. The Bertz CT molecular complexity index is 916. The van der Waals surface area contributed by atoms with Crippen LogP contribution < -0.4 is 5.63 Å². The Kier molecular flexibility index (Phi) is 4.49. The Balaban J connectivity index is 1.98. The van der Waals surface area contributed by atoms with Crippen molar-refractivity contribution in [1.82, 2.24) is 9.88 Å². The van der Waals surface area contributed by atoms with Gasteiger partial charge in [0, 0.05) is 30.2 Å². The number of benzene rings is 1. The molecule has 0 fully saturated rings. The van der Waals surface area contributed by atoms with E-state index in [0.29, 0.717) is 12.1 Å². The molecule has 0 saturated carbocycles. The van der Waals surface area contributed by atoms with Gasteiger partial charge in [-0.25, -0.2) is 4.79 Å². The molecule has 0 amide bonds. The summed E-state index contributed by atoms with van der Waals surface area (Å²) in [7, 11) is 2.04. The molecule has 0 radical (unpaired) electrons. The lowest BCUT2D eigenvalue weighted by Gasteiger charge is -2.24. The van der Waals surface area contributed by atoms with E-state index in [1.807, 2.05) is 45.2 Å². The highest BCUT2D eigenvalue weighted by Gasteiger charge is 2.16. The summed E-state index contributed by atoms with van der Waals surface area (Å²) in [4.78, 5) is 18.6. The van der Waals surface area contributed by atoms with Crippen molar-refractivity contribution < 1.29 is 4.42 Å². The van der Waals surface area contributed by atoms with Gasteiger partial charge in [0.2, 0.25) is 0 Å². The minimum absolute atomic E-state index is 0.153. The molecule has 3 aromatic rings. The number of rotatable bonds is 4. The Morgan fingerprint density at radius 2 is 2.00 bits per heavy atom. The van der Waals surface area contributed by atoms with Crippen molar-refractivity contribution in [3.05, 3.63) is 75.4 Å². The number of pyridine rings is 1. The van der Waals surface area contributed by atoms with Gasteiger partial charge in [-0.1, -0.05) is 18.2 Å². The summed E-state index contributed by atoms with van der Waals surface area (Å²) >= 11 is 0. The maximum Gasteiger partial charge on any atom is 0.336 e. The van der Waals surface area contributed by atoms with E-state index in [2.05, 4.69) is 22.9 Å². The Labute approximate surface area is 141 Å². The molecule has 1 aromatic carbocycles. The Morgan fingerprint density at radius 1 is 1.21 bits per heavy atom. The molecule has 2 heterocycles. The van der Waals surface area contributed by atoms with E-state index < -0.39 is 0 Å². The quantitative estimate of drug-likeness (QED) is 0.681. The van der Waals surface area contributed by atoms with E-state index in [-0.39, 0.29) is 11.7 Å². The summed E-state index contributed by atoms with van der Waals surface area (Å²) in [6, 6.07) is 11.8. The lowest BCUT2D eigenvalue weighted by Crippen LogP contribution is -2.23. The van der Waals surface area contributed by atoms with Gasteiger partial charge in [0.25, 0.3) is 0 Å². The molecular formula is C20H22N2O2. The summed E-state index contributed by atoms with van der Waals surface area (Å²) in [6.07, 6.45) is 1.80. The predicted molar refractivity (Wildman–Crippen MR) is 96.1 cm³/mol. The van der Waals surface area contributed by atoms with Crippen LogP contribution in [0.5, 0.6) is 0 Å². The summed E-state index contributed by atoms with van der Waals surface area (Å²) in [5.41, 5.74) is 4.53. The zero-order chi connectivity index (χ0) is 17.3. The SMILES string of the molecule is Cc1ccc2c(CN(C)C(C)c3ccccn3)cc(=O)oc2c1C. The fourth-order valence-corrected chi connectivity index (χ4v) is 2.91. The van der Waals surface area contributed by atoms with Crippen LogP contribution in [-0.2, 0) is 6.54 Å². The number of hydrogen-bond acceptors (Lipinski definition) is 4. The third-order valence-corrected chi connectivity index (χ3v) is 4.71. The molecular weight excluding hydrogens is 300 g/mol. The summed E-state index contributed by atoms with van der Waals surface area (Å²) in [5, 5.41) is 0.998. The van der Waals surface area contributed by atoms with Gasteiger partial charge in [-0.3, -0.25) is 9.88 Å². The minimum atomic E-state index is -0.301. The number of fused-ring (bicyclic) bond motifs is 1. The highest BCUT2D eigenvalue weighted by atomic mass is 16.4. The van der Waals surface area contributed by atoms with Crippen molar-refractivity contribution in [2.75, 3.05) is 7.05 Å². The van der Waals surface area contributed by atoms with E-state index >= 15 is 0 Å². The maximum absolute atomic E-state index is 12.0. The predicted octanol–water partition coefficient (Wildman–Crippen LogP) is 4.00. The average molecular weight is 322 g/mol. The van der Waals surface area contributed by atoms with Gasteiger partial charge < -0.3 is 4.42 Å². The number of nitrogens with zero attached hydrogens (tertiary/aromatic N) is 2. The van der Waals surface area contributed by atoms with E-state index in [9.17, 15) is 4.79 Å². The number of aromatic nitrogens is 1. The molecule has 124 valence electrons. The third kappa shape index (κ3) is 3.10. The first-order chi connectivity index (χ1) is 11.5. The van der Waals surface area contributed by atoms with Crippen LogP contribution in [0.1, 0.15) is 35.3 Å². The monoisotopic (exact) mass is 322 g/mol. The molecule has 3 rings (SSSR count). The molecule has 0 spiro atoms. The van der Waals surface area contributed by atoms with Crippen LogP contribution in [0.3, 0.4) is 0 Å². The second-order valence-electron chi connectivity index (χ2n) is 6.32. The van der Waals surface area contributed by atoms with Gasteiger partial charge in [-0.2, -0.15) is 0 Å². The molecule has 0 N–H and O–H groups in total. The van der Waals surface area contributed by atoms with Gasteiger partial charge in [-0.15, -0.1) is 0 Å². The van der Waals surface area contributed by atoms with E-state index in [1.54, 1.807) is 12.3 Å². The molecule has 0 aliphatic rings. The largest absolute Gasteiger partial charge is 0.422 e. The van der Waals surface area contributed by atoms with Crippen molar-refractivity contribution in [3.8, 4) is 0 Å². The third-order valence-electron chi connectivity index (χ3n) is 4.71. The zero-order valence-electron chi connectivity index (χ0n) is 14.5. The van der Waals surface area contributed by atoms with Gasteiger partial charge in [0.05, 0.1) is 5.69 Å². The van der Waals surface area contributed by atoms with Crippen LogP contribution in [0.25, 0.3) is 11.0 Å². The van der Waals surface area contributed by atoms with Crippen LogP contribution in [0.15, 0.2) is 51.8 Å². The second-order valence-corrected chi connectivity index (χ2v) is 6.32.